The van der Waals surface area contributed by atoms with Gasteiger partial charge in [-0.3, -0.25) is 11.3 Å². The minimum Gasteiger partial charge on any atom is -0.271 e. The molecule has 2 aromatic rings. The van der Waals surface area contributed by atoms with Crippen molar-refractivity contribution < 1.29 is 4.39 Å². The van der Waals surface area contributed by atoms with Crippen LogP contribution in [0.3, 0.4) is 0 Å². The molecule has 0 aromatic heterocycles. The molecule has 0 spiro atoms. The molecule has 0 heterocycles. The summed E-state index contributed by atoms with van der Waals surface area (Å²) in [6, 6.07) is 13.5. The fraction of sp³-hybridized carbons (Fsp3) is 0.294. The van der Waals surface area contributed by atoms with E-state index in [0.717, 1.165) is 24.0 Å². The Balaban J connectivity index is 1.99. The number of rotatable bonds is 3. The zero-order chi connectivity index (χ0) is 14.1. The SMILES string of the molecule is Cc1cc(F)cc(C(NN)C2CCc3ccccc32)c1. The Kier molecular flexibility index (Phi) is 3.55. The Labute approximate surface area is 118 Å². The van der Waals surface area contributed by atoms with Gasteiger partial charge in [0.15, 0.2) is 0 Å². The van der Waals surface area contributed by atoms with Gasteiger partial charge < -0.3 is 0 Å². The number of fused-ring (bicyclic) bond motifs is 1. The van der Waals surface area contributed by atoms with E-state index < -0.39 is 0 Å². The van der Waals surface area contributed by atoms with Gasteiger partial charge in [-0.1, -0.05) is 30.3 Å². The van der Waals surface area contributed by atoms with Gasteiger partial charge >= 0.3 is 0 Å². The molecule has 0 saturated heterocycles. The number of benzene rings is 2. The molecule has 0 radical (unpaired) electrons. The maximum absolute atomic E-state index is 13.6. The van der Waals surface area contributed by atoms with Gasteiger partial charge in [0.2, 0.25) is 0 Å². The molecule has 0 aliphatic heterocycles. The molecular formula is C17H19FN2. The lowest BCUT2D eigenvalue weighted by Gasteiger charge is -2.24. The second-order valence-corrected chi connectivity index (χ2v) is 5.55. The number of hydrazine groups is 1. The molecule has 2 unspecified atom stereocenters. The van der Waals surface area contributed by atoms with E-state index in [1.807, 2.05) is 13.0 Å². The normalized spacial score (nSPS) is 18.9. The van der Waals surface area contributed by atoms with Crippen LogP contribution in [0, 0.1) is 12.7 Å². The summed E-state index contributed by atoms with van der Waals surface area (Å²) < 4.78 is 13.6. The van der Waals surface area contributed by atoms with Crippen molar-refractivity contribution in [2.24, 2.45) is 5.84 Å². The van der Waals surface area contributed by atoms with Crippen LogP contribution in [-0.2, 0) is 6.42 Å². The van der Waals surface area contributed by atoms with Crippen molar-refractivity contribution in [3.05, 3.63) is 70.5 Å². The van der Waals surface area contributed by atoms with E-state index in [2.05, 4.69) is 29.7 Å². The van der Waals surface area contributed by atoms with Crippen LogP contribution < -0.4 is 11.3 Å². The highest BCUT2D eigenvalue weighted by Gasteiger charge is 2.30. The van der Waals surface area contributed by atoms with Crippen molar-refractivity contribution >= 4 is 0 Å². The maximum Gasteiger partial charge on any atom is 0.123 e. The highest BCUT2D eigenvalue weighted by Crippen LogP contribution is 2.41. The number of hydrogen-bond acceptors (Lipinski definition) is 2. The topological polar surface area (TPSA) is 38.0 Å². The Morgan fingerprint density at radius 2 is 2.05 bits per heavy atom. The van der Waals surface area contributed by atoms with E-state index in [0.29, 0.717) is 5.92 Å². The third kappa shape index (κ3) is 2.35. The first-order chi connectivity index (χ1) is 9.69. The number of aryl methyl sites for hydroxylation is 2. The molecule has 1 aliphatic carbocycles. The van der Waals surface area contributed by atoms with E-state index in [4.69, 9.17) is 5.84 Å². The fourth-order valence-electron chi connectivity index (χ4n) is 3.33. The largest absolute Gasteiger partial charge is 0.271 e. The average molecular weight is 270 g/mol. The summed E-state index contributed by atoms with van der Waals surface area (Å²) in [6.07, 6.45) is 2.11. The first kappa shape index (κ1) is 13.3. The molecule has 2 nitrogen and oxygen atoms in total. The third-order valence-corrected chi connectivity index (χ3v) is 4.18. The highest BCUT2D eigenvalue weighted by molar-refractivity contribution is 5.39. The van der Waals surface area contributed by atoms with Gasteiger partial charge in [-0.05, 0) is 54.2 Å². The smallest absolute Gasteiger partial charge is 0.123 e. The molecule has 1 aliphatic rings. The van der Waals surface area contributed by atoms with Crippen molar-refractivity contribution in [3.8, 4) is 0 Å². The maximum atomic E-state index is 13.6. The molecule has 0 fully saturated rings. The summed E-state index contributed by atoms with van der Waals surface area (Å²) in [7, 11) is 0. The molecule has 0 saturated carbocycles. The molecule has 2 atom stereocenters. The lowest BCUT2D eigenvalue weighted by molar-refractivity contribution is 0.450. The zero-order valence-electron chi connectivity index (χ0n) is 11.6. The Morgan fingerprint density at radius 3 is 2.80 bits per heavy atom. The lowest BCUT2D eigenvalue weighted by atomic mass is 9.88. The van der Waals surface area contributed by atoms with E-state index in [1.54, 1.807) is 12.1 Å². The number of hydrogen-bond donors (Lipinski definition) is 2. The second kappa shape index (κ2) is 5.35. The van der Waals surface area contributed by atoms with Gasteiger partial charge in [-0.25, -0.2) is 4.39 Å². The minimum absolute atomic E-state index is 0.0481. The summed E-state index contributed by atoms with van der Waals surface area (Å²) in [5.74, 6) is 5.87. The number of nitrogens with one attached hydrogen (secondary N) is 1. The van der Waals surface area contributed by atoms with Gasteiger partial charge in [-0.15, -0.1) is 0 Å². The molecule has 3 rings (SSSR count). The third-order valence-electron chi connectivity index (χ3n) is 4.18. The molecule has 3 heteroatoms. The molecule has 3 N–H and O–H groups in total. The van der Waals surface area contributed by atoms with Crippen LogP contribution >= 0.6 is 0 Å². The van der Waals surface area contributed by atoms with Crippen LogP contribution in [0.2, 0.25) is 0 Å². The first-order valence-electron chi connectivity index (χ1n) is 7.00. The van der Waals surface area contributed by atoms with E-state index in [1.165, 1.54) is 11.1 Å². The predicted molar refractivity (Wildman–Crippen MR) is 78.7 cm³/mol. The monoisotopic (exact) mass is 270 g/mol. The second-order valence-electron chi connectivity index (χ2n) is 5.55. The van der Waals surface area contributed by atoms with Crippen molar-refractivity contribution in [2.75, 3.05) is 0 Å². The van der Waals surface area contributed by atoms with E-state index in [-0.39, 0.29) is 11.9 Å². The van der Waals surface area contributed by atoms with Crippen molar-refractivity contribution in [1.29, 1.82) is 0 Å². The molecular weight excluding hydrogens is 251 g/mol. The summed E-state index contributed by atoms with van der Waals surface area (Å²) in [5.41, 5.74) is 7.45. The summed E-state index contributed by atoms with van der Waals surface area (Å²) in [4.78, 5) is 0. The Bertz CT molecular complexity index is 604. The fourth-order valence-corrected chi connectivity index (χ4v) is 3.33. The van der Waals surface area contributed by atoms with Gasteiger partial charge in [0.05, 0.1) is 6.04 Å². The van der Waals surface area contributed by atoms with Gasteiger partial charge in [-0.2, -0.15) is 0 Å². The Morgan fingerprint density at radius 1 is 1.25 bits per heavy atom. The van der Waals surface area contributed by atoms with Crippen LogP contribution in [0.1, 0.15) is 40.6 Å². The average Bonchev–Trinajstić information content (AvgIpc) is 2.83. The predicted octanol–water partition coefficient (Wildman–Crippen LogP) is 3.37. The van der Waals surface area contributed by atoms with Gasteiger partial charge in [0, 0.05) is 5.92 Å². The van der Waals surface area contributed by atoms with Crippen LogP contribution in [0.4, 0.5) is 4.39 Å². The van der Waals surface area contributed by atoms with Gasteiger partial charge in [0.25, 0.3) is 0 Å². The van der Waals surface area contributed by atoms with Crippen LogP contribution in [0.15, 0.2) is 42.5 Å². The standard InChI is InChI=1S/C17H19FN2/c1-11-8-13(10-14(18)9-11)17(20-19)16-7-6-12-4-2-3-5-15(12)16/h2-5,8-10,16-17,20H,6-7,19H2,1H3. The molecule has 0 bridgehead atoms. The summed E-state index contributed by atoms with van der Waals surface area (Å²) in [6.45, 7) is 1.91. The molecule has 104 valence electrons. The highest BCUT2D eigenvalue weighted by atomic mass is 19.1. The van der Waals surface area contributed by atoms with E-state index >= 15 is 0 Å². The van der Waals surface area contributed by atoms with Crippen molar-refractivity contribution in [2.45, 2.75) is 31.7 Å². The summed E-state index contributed by atoms with van der Waals surface area (Å²) >= 11 is 0. The zero-order valence-corrected chi connectivity index (χ0v) is 11.6. The van der Waals surface area contributed by atoms with Crippen LogP contribution in [-0.4, -0.2) is 0 Å². The summed E-state index contributed by atoms with van der Waals surface area (Å²) in [5, 5.41) is 0. The minimum atomic E-state index is -0.202. The van der Waals surface area contributed by atoms with Crippen molar-refractivity contribution in [3.63, 3.8) is 0 Å². The number of halogens is 1. The van der Waals surface area contributed by atoms with Crippen LogP contribution in [0.25, 0.3) is 0 Å². The first-order valence-corrected chi connectivity index (χ1v) is 7.00. The number of nitrogens with two attached hydrogens (primary N) is 1. The molecule has 20 heavy (non-hydrogen) atoms. The van der Waals surface area contributed by atoms with Gasteiger partial charge in [0.1, 0.15) is 5.82 Å². The molecule has 0 amide bonds. The van der Waals surface area contributed by atoms with E-state index in [9.17, 15) is 4.39 Å². The quantitative estimate of drug-likeness (QED) is 0.663. The van der Waals surface area contributed by atoms with Crippen LogP contribution in [0.5, 0.6) is 0 Å². The van der Waals surface area contributed by atoms with Crippen molar-refractivity contribution in [1.82, 2.24) is 5.43 Å². The lowest BCUT2D eigenvalue weighted by Crippen LogP contribution is -2.32. The Hall–Kier alpha value is -1.71. The molecule has 2 aromatic carbocycles.